The van der Waals surface area contributed by atoms with Crippen LogP contribution in [0.4, 0.5) is 5.13 Å². The number of amides is 2. The second-order valence-corrected chi connectivity index (χ2v) is 9.84. The maximum Gasteiger partial charge on any atom is 0.257 e. The van der Waals surface area contributed by atoms with E-state index in [0.29, 0.717) is 29.8 Å². The van der Waals surface area contributed by atoms with Crippen LogP contribution >= 0.6 is 11.3 Å². The van der Waals surface area contributed by atoms with Crippen molar-refractivity contribution >= 4 is 28.3 Å². The molecule has 4 heterocycles. The van der Waals surface area contributed by atoms with Crippen LogP contribution in [-0.4, -0.2) is 68.5 Å². The van der Waals surface area contributed by atoms with Crippen LogP contribution < -0.4 is 5.32 Å². The van der Waals surface area contributed by atoms with Crippen molar-refractivity contribution in [1.82, 2.24) is 29.9 Å². The van der Waals surface area contributed by atoms with Crippen LogP contribution in [0, 0.1) is 5.92 Å². The van der Waals surface area contributed by atoms with Crippen molar-refractivity contribution in [2.24, 2.45) is 5.92 Å². The molecule has 10 nitrogen and oxygen atoms in total. The van der Waals surface area contributed by atoms with E-state index in [1.807, 2.05) is 12.1 Å². The molecule has 34 heavy (non-hydrogen) atoms. The van der Waals surface area contributed by atoms with E-state index in [1.165, 1.54) is 16.2 Å². The van der Waals surface area contributed by atoms with Gasteiger partial charge in [-0.05, 0) is 30.9 Å². The number of hydrogen-bond acceptors (Lipinski definition) is 8. The molecule has 0 aromatic carbocycles. The molecular formula is C23H29N7O3S. The number of hydrogen-bond donors (Lipinski definition) is 1. The highest BCUT2D eigenvalue weighted by Gasteiger charge is 2.28. The average molecular weight is 484 g/mol. The van der Waals surface area contributed by atoms with Gasteiger partial charge in [-0.15, -0.1) is 10.2 Å². The fourth-order valence-electron chi connectivity index (χ4n) is 3.83. The summed E-state index contributed by atoms with van der Waals surface area (Å²) < 4.78 is 7.17. The standard InChI is InChI=1S/C23H29N7O3S/c1-15(2)11-20-26-27-23(34-20)25-19(31)14-29(3)22(32)18-13-30(17-5-4-8-24-12-17)28-21(18)16-6-9-33-10-7-16/h4-5,8,12-13,15-16H,6-7,9-11,14H2,1-3H3,(H,25,27,31). The number of carbonyl (C=O) groups is 2. The minimum atomic E-state index is -0.324. The number of aromatic nitrogens is 5. The Hall–Kier alpha value is -3.18. The molecule has 1 aliphatic heterocycles. The fraction of sp³-hybridized carbons (Fsp3) is 0.478. The zero-order valence-corrected chi connectivity index (χ0v) is 20.4. The Bertz CT molecular complexity index is 1120. The molecule has 0 spiro atoms. The first-order valence-electron chi connectivity index (χ1n) is 11.4. The Morgan fingerprint density at radius 3 is 2.79 bits per heavy atom. The van der Waals surface area contributed by atoms with Crippen LogP contribution in [0.1, 0.15) is 53.7 Å². The summed E-state index contributed by atoms with van der Waals surface area (Å²) in [7, 11) is 1.61. The van der Waals surface area contributed by atoms with Crippen molar-refractivity contribution in [2.45, 2.75) is 39.0 Å². The molecular weight excluding hydrogens is 454 g/mol. The Kier molecular flexibility index (Phi) is 7.63. The lowest BCUT2D eigenvalue weighted by Crippen LogP contribution is -2.35. The number of carbonyl (C=O) groups excluding carboxylic acids is 2. The van der Waals surface area contributed by atoms with E-state index in [0.717, 1.165) is 35.7 Å². The molecule has 0 atom stereocenters. The molecule has 11 heteroatoms. The van der Waals surface area contributed by atoms with E-state index >= 15 is 0 Å². The zero-order valence-electron chi connectivity index (χ0n) is 19.6. The summed E-state index contributed by atoms with van der Waals surface area (Å²) in [5.74, 6) is -0.00807. The highest BCUT2D eigenvalue weighted by molar-refractivity contribution is 7.15. The average Bonchev–Trinajstić information content (AvgIpc) is 3.46. The van der Waals surface area contributed by atoms with Gasteiger partial charge < -0.3 is 9.64 Å². The maximum absolute atomic E-state index is 13.4. The number of likely N-dealkylation sites (N-methyl/N-ethyl adjacent to an activating group) is 1. The van der Waals surface area contributed by atoms with Crippen molar-refractivity contribution < 1.29 is 14.3 Å². The lowest BCUT2D eigenvalue weighted by Gasteiger charge is -2.22. The van der Waals surface area contributed by atoms with Crippen LogP contribution in [0.15, 0.2) is 30.7 Å². The molecule has 1 aliphatic rings. The molecule has 2 amide bonds. The summed E-state index contributed by atoms with van der Waals surface area (Å²) in [6.45, 7) is 5.37. The van der Waals surface area contributed by atoms with Crippen molar-refractivity contribution in [1.29, 1.82) is 0 Å². The van der Waals surface area contributed by atoms with Crippen molar-refractivity contribution in [2.75, 3.05) is 32.1 Å². The molecule has 0 aliphatic carbocycles. The van der Waals surface area contributed by atoms with Gasteiger partial charge in [0.1, 0.15) is 5.01 Å². The Morgan fingerprint density at radius 1 is 1.29 bits per heavy atom. The van der Waals surface area contributed by atoms with Gasteiger partial charge in [-0.25, -0.2) is 4.68 Å². The zero-order chi connectivity index (χ0) is 24.1. The number of nitrogens with zero attached hydrogens (tertiary/aromatic N) is 6. The number of ether oxygens (including phenoxy) is 1. The van der Waals surface area contributed by atoms with E-state index in [-0.39, 0.29) is 24.3 Å². The minimum absolute atomic E-state index is 0.108. The number of nitrogens with one attached hydrogen (secondary N) is 1. The Labute approximate surface area is 202 Å². The monoisotopic (exact) mass is 483 g/mol. The lowest BCUT2D eigenvalue weighted by atomic mass is 9.93. The highest BCUT2D eigenvalue weighted by atomic mass is 32.1. The van der Waals surface area contributed by atoms with Gasteiger partial charge in [-0.1, -0.05) is 25.2 Å². The van der Waals surface area contributed by atoms with Gasteiger partial charge in [-0.2, -0.15) is 5.10 Å². The van der Waals surface area contributed by atoms with Crippen molar-refractivity contribution in [3.63, 3.8) is 0 Å². The van der Waals surface area contributed by atoms with Crippen LogP contribution in [-0.2, 0) is 16.0 Å². The third-order valence-electron chi connectivity index (χ3n) is 5.52. The summed E-state index contributed by atoms with van der Waals surface area (Å²) in [6, 6.07) is 3.71. The molecule has 1 saturated heterocycles. The van der Waals surface area contributed by atoms with Gasteiger partial charge in [0.05, 0.1) is 29.7 Å². The van der Waals surface area contributed by atoms with E-state index in [1.54, 1.807) is 30.3 Å². The van der Waals surface area contributed by atoms with Crippen LogP contribution in [0.2, 0.25) is 0 Å². The largest absolute Gasteiger partial charge is 0.381 e. The maximum atomic E-state index is 13.4. The highest BCUT2D eigenvalue weighted by Crippen LogP contribution is 2.29. The summed E-state index contributed by atoms with van der Waals surface area (Å²) in [5.41, 5.74) is 1.98. The molecule has 3 aromatic heterocycles. The quantitative estimate of drug-likeness (QED) is 0.524. The number of pyridine rings is 1. The third-order valence-corrected chi connectivity index (χ3v) is 6.38. The smallest absolute Gasteiger partial charge is 0.257 e. The second-order valence-electron chi connectivity index (χ2n) is 8.78. The summed E-state index contributed by atoms with van der Waals surface area (Å²) >= 11 is 1.35. The second kappa shape index (κ2) is 10.8. The molecule has 0 bridgehead atoms. The summed E-state index contributed by atoms with van der Waals surface area (Å²) in [5, 5.41) is 16.9. The van der Waals surface area contributed by atoms with Gasteiger partial charge in [0.2, 0.25) is 11.0 Å². The first kappa shape index (κ1) is 24.0. The Balaban J connectivity index is 1.48. The van der Waals surface area contributed by atoms with Gasteiger partial charge >= 0.3 is 0 Å². The number of rotatable bonds is 8. The minimum Gasteiger partial charge on any atom is -0.381 e. The Morgan fingerprint density at radius 2 is 2.09 bits per heavy atom. The van der Waals surface area contributed by atoms with Gasteiger partial charge in [0.15, 0.2) is 0 Å². The van der Waals surface area contributed by atoms with Gasteiger partial charge in [-0.3, -0.25) is 19.9 Å². The van der Waals surface area contributed by atoms with E-state index in [2.05, 4.69) is 34.3 Å². The molecule has 1 fully saturated rings. The molecule has 0 radical (unpaired) electrons. The fourth-order valence-corrected chi connectivity index (χ4v) is 4.80. The first-order valence-corrected chi connectivity index (χ1v) is 12.2. The predicted octanol–water partition coefficient (Wildman–Crippen LogP) is 2.92. The first-order chi connectivity index (χ1) is 16.4. The van der Waals surface area contributed by atoms with Crippen LogP contribution in [0.5, 0.6) is 0 Å². The number of anilines is 1. The van der Waals surface area contributed by atoms with Gasteiger partial charge in [0.25, 0.3) is 5.91 Å². The summed E-state index contributed by atoms with van der Waals surface area (Å²) in [4.78, 5) is 31.5. The predicted molar refractivity (Wildman–Crippen MR) is 128 cm³/mol. The normalized spacial score (nSPS) is 14.4. The third kappa shape index (κ3) is 5.84. The van der Waals surface area contributed by atoms with Crippen molar-refractivity contribution in [3.8, 4) is 5.69 Å². The summed E-state index contributed by atoms with van der Waals surface area (Å²) in [6.07, 6.45) is 7.51. The van der Waals surface area contributed by atoms with E-state index < -0.39 is 0 Å². The molecule has 0 unspecified atom stereocenters. The topological polar surface area (TPSA) is 115 Å². The van der Waals surface area contributed by atoms with E-state index in [9.17, 15) is 9.59 Å². The van der Waals surface area contributed by atoms with E-state index in [4.69, 9.17) is 9.84 Å². The van der Waals surface area contributed by atoms with Crippen molar-refractivity contribution in [3.05, 3.63) is 47.0 Å². The molecule has 0 saturated carbocycles. The van der Waals surface area contributed by atoms with Gasteiger partial charge in [0, 0.05) is 45.0 Å². The lowest BCUT2D eigenvalue weighted by molar-refractivity contribution is -0.116. The SMILES string of the molecule is CC(C)Cc1nnc(NC(=O)CN(C)C(=O)c2cn(-c3cccnc3)nc2C2CCOCC2)s1. The van der Waals surface area contributed by atoms with Crippen LogP contribution in [0.3, 0.4) is 0 Å². The molecule has 3 aromatic rings. The molecule has 180 valence electrons. The molecule has 1 N–H and O–H groups in total. The van der Waals surface area contributed by atoms with Crippen LogP contribution in [0.25, 0.3) is 5.69 Å². The molecule has 4 rings (SSSR count).